The highest BCUT2D eigenvalue weighted by Crippen LogP contribution is 2.96. The van der Waals surface area contributed by atoms with Crippen LogP contribution in [0.2, 0.25) is 0 Å². The standard InChI is InChI=1S/C72H122/c1-51(2,3)59-25-49-26-60(31-59,52(4,5)6)34-63(29-49,33-59)69-39-65(55(13,14)15)37-66(40-69,56(16,17)18)44-71(43-65,47-69)72-45-67(57(19,20)21)38-68(46-72,58(22,23)24)42-70(41-67,48-72)64-30-50-27-61(35-64,53(7,8)9)32-62(28-50,36-64)54(10,11)12/h49-50H,25-48H2,1-24H3/t49?,50?,59-,60+,61-,62+,63?,64?,65-,66+,67-,68+,69?,70?,71?,72?. The predicted octanol–water partition coefficient (Wildman–Crippen LogP) is 21.9. The minimum Gasteiger partial charge on any atom is -0.0596 e. The largest absolute Gasteiger partial charge is 0.0596 e. The maximum Gasteiger partial charge on any atom is -0.0224 e. The van der Waals surface area contributed by atoms with Gasteiger partial charge in [0.05, 0.1) is 0 Å². The van der Waals surface area contributed by atoms with Crippen LogP contribution in [0.3, 0.4) is 0 Å². The molecule has 16 bridgehead atoms. The van der Waals surface area contributed by atoms with Crippen molar-refractivity contribution >= 4 is 0 Å². The van der Waals surface area contributed by atoms with Gasteiger partial charge in [0.1, 0.15) is 0 Å². The zero-order chi connectivity index (χ0) is 53.1. The fourth-order valence-electron chi connectivity index (χ4n) is 28.1. The quantitative estimate of drug-likeness (QED) is 0.264. The first-order valence-electron chi connectivity index (χ1n) is 32.0. The number of hydrogen-bond acceptors (Lipinski definition) is 0. The van der Waals surface area contributed by atoms with E-state index in [2.05, 4.69) is 166 Å². The van der Waals surface area contributed by atoms with Crippen LogP contribution in [0, 0.1) is 131 Å². The first kappa shape index (κ1) is 52.7. The summed E-state index contributed by atoms with van der Waals surface area (Å²) in [5.74, 6) is 1.83. The average molecular weight is 988 g/mol. The fraction of sp³-hybridized carbons (Fsp3) is 1.00. The van der Waals surface area contributed by atoms with Gasteiger partial charge in [-0.3, -0.25) is 0 Å². The second-order valence-corrected chi connectivity index (χ2v) is 42.1. The minimum atomic E-state index is 0.286. The Morgan fingerprint density at radius 2 is 0.319 bits per heavy atom. The van der Waals surface area contributed by atoms with Gasteiger partial charge in [-0.15, -0.1) is 0 Å². The second-order valence-electron chi connectivity index (χ2n) is 42.1. The summed E-state index contributed by atoms with van der Waals surface area (Å²) >= 11 is 0. The van der Waals surface area contributed by atoms with Crippen molar-refractivity contribution in [2.45, 2.75) is 320 Å². The van der Waals surface area contributed by atoms with Crippen molar-refractivity contribution in [3.05, 3.63) is 0 Å². The maximum absolute atomic E-state index is 2.83. The summed E-state index contributed by atoms with van der Waals surface area (Å²) in [4.78, 5) is 0. The molecule has 0 aromatic heterocycles. The van der Waals surface area contributed by atoms with Gasteiger partial charge in [-0.05, 0) is 285 Å². The molecule has 16 rings (SSSR count). The lowest BCUT2D eigenvalue weighted by atomic mass is 9.16. The zero-order valence-electron chi connectivity index (χ0n) is 53.1. The minimum absolute atomic E-state index is 0.286. The summed E-state index contributed by atoms with van der Waals surface area (Å²) in [7, 11) is 0. The van der Waals surface area contributed by atoms with E-state index in [9.17, 15) is 0 Å². The van der Waals surface area contributed by atoms with E-state index in [1.54, 1.807) is 103 Å². The van der Waals surface area contributed by atoms with Crippen LogP contribution >= 0.6 is 0 Å². The van der Waals surface area contributed by atoms with Gasteiger partial charge < -0.3 is 0 Å². The monoisotopic (exact) mass is 987 g/mol. The summed E-state index contributed by atoms with van der Waals surface area (Å²) in [6, 6.07) is 0. The third-order valence-electron chi connectivity index (χ3n) is 32.4. The number of hydrogen-bond donors (Lipinski definition) is 0. The predicted molar refractivity (Wildman–Crippen MR) is 307 cm³/mol. The lowest BCUT2D eigenvalue weighted by Crippen LogP contribution is -2.79. The van der Waals surface area contributed by atoms with E-state index in [-0.39, 0.29) is 21.7 Å². The molecule has 0 radical (unpaired) electrons. The molecule has 0 aliphatic heterocycles. The molecule has 16 aliphatic carbocycles. The molecule has 0 saturated heterocycles. The summed E-state index contributed by atoms with van der Waals surface area (Å²) in [6.07, 6.45) is 37.1. The van der Waals surface area contributed by atoms with Crippen LogP contribution in [0.15, 0.2) is 0 Å². The second kappa shape index (κ2) is 13.3. The van der Waals surface area contributed by atoms with E-state index in [0.717, 1.165) is 11.8 Å². The summed E-state index contributed by atoms with van der Waals surface area (Å²) in [5.41, 5.74) is 8.41. The van der Waals surface area contributed by atoms with Crippen molar-refractivity contribution in [2.75, 3.05) is 0 Å². The highest BCUT2D eigenvalue weighted by molar-refractivity contribution is 5.36. The molecule has 0 heterocycles. The van der Waals surface area contributed by atoms with Crippen molar-refractivity contribution < 1.29 is 0 Å². The molecule has 0 aromatic carbocycles. The SMILES string of the molecule is CC(C)(C)[C@@]12CC3(C45CC6(C78CC9C[C@](C(C)(C)C)(C7)C[C@@](C(C)(C)C)(C9)C8)C[C@@](C(C)(C)C)(C4)C[C@@](C(C)(C)C)(C5)C6)CC(C45CC6C[C@](C(C)(C)C)(C4)C[C@@](C(C)(C)C)(C6)C5)(C1)C[C@](C(C)(C)C)(C3)C2. The average Bonchev–Trinajstić information content (AvgIpc) is 3.13. The third kappa shape index (κ3) is 5.93. The van der Waals surface area contributed by atoms with Crippen molar-refractivity contribution in [3.63, 3.8) is 0 Å². The Morgan fingerprint density at radius 3 is 0.500 bits per heavy atom. The van der Waals surface area contributed by atoms with E-state index < -0.39 is 0 Å². The Morgan fingerprint density at radius 1 is 0.167 bits per heavy atom. The Bertz CT molecular complexity index is 2000. The summed E-state index contributed by atoms with van der Waals surface area (Å²) in [5, 5.41) is 0. The van der Waals surface area contributed by atoms with Crippen LogP contribution < -0.4 is 0 Å². The molecular formula is C72H122. The van der Waals surface area contributed by atoms with Crippen LogP contribution in [0.25, 0.3) is 0 Å². The van der Waals surface area contributed by atoms with Gasteiger partial charge in [0, 0.05) is 0 Å². The van der Waals surface area contributed by atoms with Crippen LogP contribution in [0.5, 0.6) is 0 Å². The van der Waals surface area contributed by atoms with E-state index in [1.807, 2.05) is 0 Å². The van der Waals surface area contributed by atoms with Crippen molar-refractivity contribution in [2.24, 2.45) is 131 Å². The van der Waals surface area contributed by atoms with Crippen LogP contribution in [-0.4, -0.2) is 0 Å². The van der Waals surface area contributed by atoms with E-state index in [1.165, 1.54) is 51.4 Å². The molecule has 16 atom stereocenters. The zero-order valence-corrected chi connectivity index (χ0v) is 53.1. The Balaban J connectivity index is 1.14. The van der Waals surface area contributed by atoms with Gasteiger partial charge in [-0.1, -0.05) is 166 Å². The normalized spacial score (nSPS) is 54.7. The van der Waals surface area contributed by atoms with Gasteiger partial charge in [-0.25, -0.2) is 0 Å². The van der Waals surface area contributed by atoms with E-state index in [4.69, 9.17) is 0 Å². The van der Waals surface area contributed by atoms with E-state index >= 15 is 0 Å². The van der Waals surface area contributed by atoms with Gasteiger partial charge in [0.2, 0.25) is 0 Å². The molecule has 0 nitrogen and oxygen atoms in total. The highest BCUT2D eigenvalue weighted by Gasteiger charge is 2.87. The number of rotatable bonds is 3. The Kier molecular flexibility index (Phi) is 9.70. The third-order valence-corrected chi connectivity index (χ3v) is 32.4. The molecule has 0 amide bonds. The molecule has 0 aromatic rings. The first-order valence-corrected chi connectivity index (χ1v) is 32.0. The molecule has 410 valence electrons. The Labute approximate surface area is 449 Å². The molecule has 16 fully saturated rings. The van der Waals surface area contributed by atoms with Gasteiger partial charge >= 0.3 is 0 Å². The first-order chi connectivity index (χ1) is 32.0. The van der Waals surface area contributed by atoms with Crippen molar-refractivity contribution in [3.8, 4) is 0 Å². The summed E-state index contributed by atoms with van der Waals surface area (Å²) < 4.78 is 0. The van der Waals surface area contributed by atoms with Gasteiger partial charge in [-0.2, -0.15) is 0 Å². The molecule has 72 heavy (non-hydrogen) atoms. The topological polar surface area (TPSA) is 0 Å². The van der Waals surface area contributed by atoms with E-state index in [0.29, 0.717) is 97.5 Å². The lowest BCUT2D eigenvalue weighted by molar-refractivity contribution is -0.390. The Hall–Kier alpha value is 0. The molecule has 16 aliphatic rings. The molecule has 16 saturated carbocycles. The van der Waals surface area contributed by atoms with Crippen LogP contribution in [-0.2, 0) is 0 Å². The molecular weight excluding hydrogens is 865 g/mol. The van der Waals surface area contributed by atoms with Gasteiger partial charge in [0.25, 0.3) is 0 Å². The van der Waals surface area contributed by atoms with Crippen LogP contribution in [0.1, 0.15) is 320 Å². The van der Waals surface area contributed by atoms with Gasteiger partial charge in [0.15, 0.2) is 0 Å². The highest BCUT2D eigenvalue weighted by atomic mass is 14.9. The lowest BCUT2D eigenvalue weighted by Gasteiger charge is -2.88. The fourth-order valence-corrected chi connectivity index (χ4v) is 28.1. The summed E-state index contributed by atoms with van der Waals surface area (Å²) in [6.45, 7) is 66.8. The molecule has 8 unspecified atom stereocenters. The smallest absolute Gasteiger partial charge is 0.0224 e. The van der Waals surface area contributed by atoms with Crippen molar-refractivity contribution in [1.29, 1.82) is 0 Å². The molecule has 0 heteroatoms. The maximum atomic E-state index is 2.83. The molecule has 0 N–H and O–H groups in total. The van der Waals surface area contributed by atoms with Crippen molar-refractivity contribution in [1.82, 2.24) is 0 Å². The molecule has 0 spiro atoms. The van der Waals surface area contributed by atoms with Crippen LogP contribution in [0.4, 0.5) is 0 Å².